The second-order valence-electron chi connectivity index (χ2n) is 4.69. The van der Waals surface area contributed by atoms with E-state index >= 15 is 0 Å². The highest BCUT2D eigenvalue weighted by Gasteiger charge is 2.18. The maximum Gasteiger partial charge on any atom is 0.257 e. The second kappa shape index (κ2) is 6.74. The molecule has 0 unspecified atom stereocenters. The average molecular weight is 286 g/mol. The van der Waals surface area contributed by atoms with Crippen LogP contribution in [0.15, 0.2) is 42.7 Å². The van der Waals surface area contributed by atoms with Gasteiger partial charge in [0.05, 0.1) is 12.7 Å². The number of carbonyl (C=O) groups excluding carboxylic acids is 1. The van der Waals surface area contributed by atoms with Gasteiger partial charge in [-0.3, -0.25) is 9.78 Å². The molecule has 0 atom stereocenters. The van der Waals surface area contributed by atoms with E-state index in [0.717, 1.165) is 12.0 Å². The molecule has 1 amide bonds. The molecule has 0 bridgehead atoms. The summed E-state index contributed by atoms with van der Waals surface area (Å²) >= 11 is 0. The van der Waals surface area contributed by atoms with Gasteiger partial charge in [0.1, 0.15) is 0 Å². The highest BCUT2D eigenvalue weighted by Crippen LogP contribution is 2.29. The van der Waals surface area contributed by atoms with E-state index in [2.05, 4.69) is 4.98 Å². The van der Waals surface area contributed by atoms with Crippen LogP contribution in [-0.4, -0.2) is 41.6 Å². The van der Waals surface area contributed by atoms with Gasteiger partial charge in [0, 0.05) is 26.0 Å². The molecule has 0 fully saturated rings. The Labute approximate surface area is 123 Å². The Balaban J connectivity index is 2.06. The molecular formula is C16H18N2O3. The zero-order chi connectivity index (χ0) is 15.2. The molecule has 0 radical (unpaired) electrons. The number of aromatic hydroxyl groups is 1. The number of hydrogen-bond acceptors (Lipinski definition) is 4. The number of hydrogen-bond donors (Lipinski definition) is 1. The number of pyridine rings is 1. The van der Waals surface area contributed by atoms with Crippen molar-refractivity contribution in [2.45, 2.75) is 6.42 Å². The van der Waals surface area contributed by atoms with Gasteiger partial charge in [0.15, 0.2) is 11.5 Å². The molecule has 0 saturated heterocycles. The number of para-hydroxylation sites is 1. The van der Waals surface area contributed by atoms with E-state index in [4.69, 9.17) is 4.74 Å². The van der Waals surface area contributed by atoms with Crippen LogP contribution in [0.25, 0.3) is 0 Å². The number of carbonyl (C=O) groups is 1. The van der Waals surface area contributed by atoms with Gasteiger partial charge in [-0.25, -0.2) is 0 Å². The van der Waals surface area contributed by atoms with Crippen molar-refractivity contribution in [2.75, 3.05) is 20.7 Å². The number of benzene rings is 1. The Morgan fingerprint density at radius 3 is 2.67 bits per heavy atom. The van der Waals surface area contributed by atoms with E-state index in [1.807, 2.05) is 12.1 Å². The van der Waals surface area contributed by atoms with Gasteiger partial charge < -0.3 is 14.7 Å². The average Bonchev–Trinajstić information content (AvgIpc) is 2.53. The second-order valence-corrected chi connectivity index (χ2v) is 4.69. The molecule has 0 aliphatic carbocycles. The number of methoxy groups -OCH3 is 1. The van der Waals surface area contributed by atoms with Gasteiger partial charge in [0.2, 0.25) is 0 Å². The fraction of sp³-hybridized carbons (Fsp3) is 0.250. The van der Waals surface area contributed by atoms with Crippen LogP contribution in [0.3, 0.4) is 0 Å². The molecule has 1 aromatic heterocycles. The Bertz CT molecular complexity index is 614. The van der Waals surface area contributed by atoms with Crippen LogP contribution in [0, 0.1) is 0 Å². The van der Waals surface area contributed by atoms with Crippen LogP contribution < -0.4 is 4.74 Å². The molecular weight excluding hydrogens is 268 g/mol. The number of phenols is 1. The first kappa shape index (κ1) is 14.8. The number of phenolic OH excluding ortho intramolecular Hbond substituents is 1. The summed E-state index contributed by atoms with van der Waals surface area (Å²) in [6, 6.07) is 8.72. The standard InChI is InChI=1S/C16H18N2O3/c1-18(11-8-12-6-9-17-10-7-12)16(20)13-4-3-5-14(21-2)15(13)19/h3-7,9-10,19H,8,11H2,1-2H3. The molecule has 1 heterocycles. The number of nitrogens with zero attached hydrogens (tertiary/aromatic N) is 2. The third kappa shape index (κ3) is 3.51. The lowest BCUT2D eigenvalue weighted by molar-refractivity contribution is 0.0793. The Morgan fingerprint density at radius 2 is 2.00 bits per heavy atom. The summed E-state index contributed by atoms with van der Waals surface area (Å²) in [6.45, 7) is 0.555. The lowest BCUT2D eigenvalue weighted by atomic mass is 10.1. The first-order valence-electron chi connectivity index (χ1n) is 6.64. The molecule has 21 heavy (non-hydrogen) atoms. The molecule has 2 aromatic rings. The maximum atomic E-state index is 12.4. The van der Waals surface area contributed by atoms with Crippen molar-refractivity contribution in [3.8, 4) is 11.5 Å². The fourth-order valence-corrected chi connectivity index (χ4v) is 2.01. The summed E-state index contributed by atoms with van der Waals surface area (Å²) < 4.78 is 5.02. The zero-order valence-electron chi connectivity index (χ0n) is 12.1. The van der Waals surface area contributed by atoms with Gasteiger partial charge in [0.25, 0.3) is 5.91 Å². The highest BCUT2D eigenvalue weighted by molar-refractivity contribution is 5.97. The summed E-state index contributed by atoms with van der Waals surface area (Å²) in [5.41, 5.74) is 1.35. The van der Waals surface area contributed by atoms with E-state index < -0.39 is 0 Å². The van der Waals surface area contributed by atoms with Gasteiger partial charge in [-0.2, -0.15) is 0 Å². The number of rotatable bonds is 5. The molecule has 1 N–H and O–H groups in total. The van der Waals surface area contributed by atoms with E-state index in [9.17, 15) is 9.90 Å². The largest absolute Gasteiger partial charge is 0.504 e. The van der Waals surface area contributed by atoms with Crippen LogP contribution in [-0.2, 0) is 6.42 Å². The van der Waals surface area contributed by atoms with Crippen molar-refractivity contribution in [2.24, 2.45) is 0 Å². The summed E-state index contributed by atoms with van der Waals surface area (Å²) in [7, 11) is 3.17. The molecule has 0 aliphatic heterocycles. The number of amides is 1. The maximum absolute atomic E-state index is 12.4. The van der Waals surface area contributed by atoms with Crippen molar-refractivity contribution in [3.05, 3.63) is 53.9 Å². The molecule has 5 nitrogen and oxygen atoms in total. The third-order valence-electron chi connectivity index (χ3n) is 3.28. The van der Waals surface area contributed by atoms with E-state index in [1.54, 1.807) is 42.5 Å². The number of ether oxygens (including phenoxy) is 1. The molecule has 2 rings (SSSR count). The summed E-state index contributed by atoms with van der Waals surface area (Å²) in [5, 5.41) is 10.0. The molecule has 0 spiro atoms. The summed E-state index contributed by atoms with van der Waals surface area (Å²) in [5.74, 6) is -0.0652. The number of aromatic nitrogens is 1. The van der Waals surface area contributed by atoms with Gasteiger partial charge in [-0.05, 0) is 36.2 Å². The van der Waals surface area contributed by atoms with Crippen molar-refractivity contribution in [1.82, 2.24) is 9.88 Å². The van der Waals surface area contributed by atoms with E-state index in [0.29, 0.717) is 12.3 Å². The van der Waals surface area contributed by atoms with Crippen molar-refractivity contribution < 1.29 is 14.6 Å². The Hall–Kier alpha value is -2.56. The molecule has 5 heteroatoms. The van der Waals surface area contributed by atoms with Gasteiger partial charge in [-0.15, -0.1) is 0 Å². The monoisotopic (exact) mass is 286 g/mol. The minimum atomic E-state index is -0.236. The van der Waals surface area contributed by atoms with Crippen LogP contribution in [0.4, 0.5) is 0 Å². The third-order valence-corrected chi connectivity index (χ3v) is 3.28. The first-order chi connectivity index (χ1) is 10.1. The predicted molar refractivity (Wildman–Crippen MR) is 79.6 cm³/mol. The van der Waals surface area contributed by atoms with Crippen LogP contribution in [0.5, 0.6) is 11.5 Å². The molecule has 0 aliphatic rings. The summed E-state index contributed by atoms with van der Waals surface area (Å²) in [4.78, 5) is 17.9. The van der Waals surface area contributed by atoms with Gasteiger partial charge in [-0.1, -0.05) is 6.07 Å². The van der Waals surface area contributed by atoms with Crippen molar-refractivity contribution in [3.63, 3.8) is 0 Å². The minimum absolute atomic E-state index is 0.124. The fourth-order valence-electron chi connectivity index (χ4n) is 2.01. The highest BCUT2D eigenvalue weighted by atomic mass is 16.5. The minimum Gasteiger partial charge on any atom is -0.504 e. The first-order valence-corrected chi connectivity index (χ1v) is 6.64. The number of likely N-dealkylation sites (N-methyl/N-ethyl adjacent to an activating group) is 1. The van der Waals surface area contributed by atoms with Crippen LogP contribution in [0.1, 0.15) is 15.9 Å². The predicted octanol–water partition coefficient (Wildman–Crippen LogP) is 2.11. The van der Waals surface area contributed by atoms with Crippen LogP contribution >= 0.6 is 0 Å². The quantitative estimate of drug-likeness (QED) is 0.914. The topological polar surface area (TPSA) is 62.7 Å². The van der Waals surface area contributed by atoms with Crippen molar-refractivity contribution >= 4 is 5.91 Å². The van der Waals surface area contributed by atoms with E-state index in [1.165, 1.54) is 7.11 Å². The smallest absolute Gasteiger partial charge is 0.257 e. The Kier molecular flexibility index (Phi) is 4.77. The van der Waals surface area contributed by atoms with Crippen LogP contribution in [0.2, 0.25) is 0 Å². The van der Waals surface area contributed by atoms with Gasteiger partial charge >= 0.3 is 0 Å². The van der Waals surface area contributed by atoms with E-state index in [-0.39, 0.29) is 17.2 Å². The molecule has 110 valence electrons. The van der Waals surface area contributed by atoms with Crippen molar-refractivity contribution in [1.29, 1.82) is 0 Å². The summed E-state index contributed by atoms with van der Waals surface area (Å²) in [6.07, 6.45) is 4.19. The normalized spacial score (nSPS) is 10.2. The lowest BCUT2D eigenvalue weighted by Crippen LogP contribution is -2.28. The molecule has 1 aromatic carbocycles. The Morgan fingerprint density at radius 1 is 1.29 bits per heavy atom. The lowest BCUT2D eigenvalue weighted by Gasteiger charge is -2.18. The zero-order valence-corrected chi connectivity index (χ0v) is 12.1. The SMILES string of the molecule is COc1cccc(C(=O)N(C)CCc2ccncc2)c1O. The molecule has 0 saturated carbocycles.